The fourth-order valence-electron chi connectivity index (χ4n) is 5.42. The van der Waals surface area contributed by atoms with E-state index in [0.29, 0.717) is 40.1 Å². The highest BCUT2D eigenvalue weighted by Gasteiger charge is 2.25. The van der Waals surface area contributed by atoms with Crippen molar-refractivity contribution in [1.82, 2.24) is 9.97 Å². The molecule has 0 bridgehead atoms. The SMILES string of the molecule is CC(=O)c1cc(-c2cccnc2[C@@H](CC(=O)CC2=CCc3cc(C)c(=O)[nH]c32)Cc2cc(F)cc(F)c2)ccc1F. The summed E-state index contributed by atoms with van der Waals surface area (Å²) in [6, 6.07) is 12.7. The van der Waals surface area contributed by atoms with Gasteiger partial charge in [0.05, 0.1) is 11.3 Å². The zero-order valence-corrected chi connectivity index (χ0v) is 22.6. The third-order valence-corrected chi connectivity index (χ3v) is 7.35. The molecule has 1 atom stereocenters. The lowest BCUT2D eigenvalue weighted by atomic mass is 9.85. The number of aromatic nitrogens is 2. The highest BCUT2D eigenvalue weighted by Crippen LogP contribution is 2.35. The zero-order valence-electron chi connectivity index (χ0n) is 22.6. The van der Waals surface area contributed by atoms with E-state index in [4.69, 9.17) is 0 Å². The normalized spacial score (nSPS) is 13.0. The third kappa shape index (κ3) is 6.11. The monoisotopic (exact) mass is 556 g/mol. The molecule has 0 fully saturated rings. The number of nitrogens with one attached hydrogen (secondary N) is 1. The van der Waals surface area contributed by atoms with Crippen molar-refractivity contribution in [2.45, 2.75) is 45.4 Å². The number of carbonyl (C=O) groups is 2. The van der Waals surface area contributed by atoms with E-state index in [9.17, 15) is 27.6 Å². The molecule has 0 amide bonds. The molecule has 2 aromatic carbocycles. The van der Waals surface area contributed by atoms with E-state index >= 15 is 0 Å². The van der Waals surface area contributed by atoms with Gasteiger partial charge in [0, 0.05) is 47.8 Å². The quantitative estimate of drug-likeness (QED) is 0.233. The largest absolute Gasteiger partial charge is 0.322 e. The van der Waals surface area contributed by atoms with Gasteiger partial charge in [0.15, 0.2) is 5.78 Å². The molecule has 5 nitrogen and oxygen atoms in total. The van der Waals surface area contributed by atoms with Crippen LogP contribution >= 0.6 is 0 Å². The Balaban J connectivity index is 1.51. The summed E-state index contributed by atoms with van der Waals surface area (Å²) in [6.07, 6.45) is 4.24. The Kier molecular flexibility index (Phi) is 7.83. The number of carbonyl (C=O) groups excluding carboxylic acids is 2. The maximum atomic E-state index is 14.3. The smallest absolute Gasteiger partial charge is 0.251 e. The molecule has 0 saturated heterocycles. The summed E-state index contributed by atoms with van der Waals surface area (Å²) in [6.45, 7) is 3.00. The Hall–Kier alpha value is -4.59. The predicted molar refractivity (Wildman–Crippen MR) is 150 cm³/mol. The van der Waals surface area contributed by atoms with Crippen molar-refractivity contribution in [3.8, 4) is 11.1 Å². The molecule has 0 unspecified atom stereocenters. The summed E-state index contributed by atoms with van der Waals surface area (Å²) >= 11 is 0. The molecule has 0 saturated carbocycles. The lowest BCUT2D eigenvalue weighted by Gasteiger charge is -2.20. The highest BCUT2D eigenvalue weighted by atomic mass is 19.1. The second kappa shape index (κ2) is 11.5. The number of fused-ring (bicyclic) bond motifs is 1. The van der Waals surface area contributed by atoms with Crippen LogP contribution in [-0.4, -0.2) is 21.5 Å². The molecule has 8 heteroatoms. The molecule has 1 N–H and O–H groups in total. The summed E-state index contributed by atoms with van der Waals surface area (Å²) in [4.78, 5) is 45.1. The Bertz CT molecular complexity index is 1750. The van der Waals surface area contributed by atoms with Crippen LogP contribution in [0.15, 0.2) is 71.7 Å². The minimum absolute atomic E-state index is 0.00826. The summed E-state index contributed by atoms with van der Waals surface area (Å²) in [5.41, 5.74) is 4.58. The van der Waals surface area contributed by atoms with Crippen LogP contribution in [0.3, 0.4) is 0 Å². The number of pyridine rings is 2. The zero-order chi connectivity index (χ0) is 29.3. The van der Waals surface area contributed by atoms with Gasteiger partial charge in [-0.1, -0.05) is 18.2 Å². The van der Waals surface area contributed by atoms with Crippen molar-refractivity contribution in [1.29, 1.82) is 0 Å². The van der Waals surface area contributed by atoms with E-state index in [-0.39, 0.29) is 36.2 Å². The minimum atomic E-state index is -0.733. The van der Waals surface area contributed by atoms with Gasteiger partial charge in [0.1, 0.15) is 23.2 Å². The summed E-state index contributed by atoms with van der Waals surface area (Å²) in [5, 5.41) is 0. The molecule has 4 aromatic rings. The first-order chi connectivity index (χ1) is 19.6. The molecule has 0 radical (unpaired) electrons. The molecular weight excluding hydrogens is 529 g/mol. The van der Waals surface area contributed by atoms with Crippen LogP contribution in [0.1, 0.15) is 64.1 Å². The first-order valence-electron chi connectivity index (χ1n) is 13.2. The molecule has 1 aliphatic carbocycles. The lowest BCUT2D eigenvalue weighted by molar-refractivity contribution is -0.118. The summed E-state index contributed by atoms with van der Waals surface area (Å²) < 4.78 is 42.5. The number of rotatable bonds is 9. The number of aromatic amines is 1. The van der Waals surface area contributed by atoms with Crippen molar-refractivity contribution in [2.24, 2.45) is 0 Å². The van der Waals surface area contributed by atoms with Gasteiger partial charge in [-0.15, -0.1) is 0 Å². The number of nitrogens with zero attached hydrogens (tertiary/aromatic N) is 1. The van der Waals surface area contributed by atoms with Crippen LogP contribution in [0.25, 0.3) is 16.7 Å². The van der Waals surface area contributed by atoms with Gasteiger partial charge in [-0.2, -0.15) is 0 Å². The summed E-state index contributed by atoms with van der Waals surface area (Å²) in [7, 11) is 0. The number of Topliss-reactive ketones (excluding diaryl/α,β-unsaturated/α-hetero) is 2. The van der Waals surface area contributed by atoms with E-state index in [1.165, 1.54) is 37.3 Å². The second-order valence-electron chi connectivity index (χ2n) is 10.4. The third-order valence-electron chi connectivity index (χ3n) is 7.35. The van der Waals surface area contributed by atoms with Gasteiger partial charge in [0.25, 0.3) is 5.56 Å². The minimum Gasteiger partial charge on any atom is -0.322 e. The van der Waals surface area contributed by atoms with E-state index in [1.807, 2.05) is 12.1 Å². The number of allylic oxidation sites excluding steroid dienone is 2. The first kappa shape index (κ1) is 28.0. The number of hydrogen-bond donors (Lipinski definition) is 1. The number of hydrogen-bond acceptors (Lipinski definition) is 4. The van der Waals surface area contributed by atoms with Gasteiger partial charge in [-0.25, -0.2) is 13.2 Å². The molecule has 41 heavy (non-hydrogen) atoms. The Morgan fingerprint density at radius 3 is 2.51 bits per heavy atom. The average Bonchev–Trinajstić information content (AvgIpc) is 3.28. The van der Waals surface area contributed by atoms with Crippen molar-refractivity contribution in [3.05, 3.63) is 128 Å². The van der Waals surface area contributed by atoms with E-state index in [1.54, 1.807) is 25.3 Å². The molecule has 2 heterocycles. The number of aryl methyl sites for hydroxylation is 1. The average molecular weight is 557 g/mol. The summed E-state index contributed by atoms with van der Waals surface area (Å²) in [5.74, 6) is -3.29. The van der Waals surface area contributed by atoms with Crippen molar-refractivity contribution >= 4 is 17.1 Å². The molecule has 5 rings (SSSR count). The van der Waals surface area contributed by atoms with E-state index in [0.717, 1.165) is 17.2 Å². The van der Waals surface area contributed by atoms with Crippen molar-refractivity contribution in [3.63, 3.8) is 0 Å². The number of benzene rings is 2. The van der Waals surface area contributed by atoms with E-state index in [2.05, 4.69) is 9.97 Å². The molecule has 0 aliphatic heterocycles. The first-order valence-corrected chi connectivity index (χ1v) is 13.2. The van der Waals surface area contributed by atoms with Crippen molar-refractivity contribution in [2.75, 3.05) is 0 Å². The molecule has 0 spiro atoms. The Morgan fingerprint density at radius 2 is 1.78 bits per heavy atom. The Labute approximate surface area is 234 Å². The number of ketones is 2. The van der Waals surface area contributed by atoms with Crippen LogP contribution in [0.5, 0.6) is 0 Å². The van der Waals surface area contributed by atoms with Gasteiger partial charge in [-0.3, -0.25) is 19.4 Å². The van der Waals surface area contributed by atoms with Crippen LogP contribution < -0.4 is 5.56 Å². The van der Waals surface area contributed by atoms with Crippen LogP contribution in [0.4, 0.5) is 13.2 Å². The lowest BCUT2D eigenvalue weighted by Crippen LogP contribution is -2.15. The van der Waals surface area contributed by atoms with Gasteiger partial charge in [0.2, 0.25) is 0 Å². The van der Waals surface area contributed by atoms with Gasteiger partial charge in [-0.05, 0) is 85.4 Å². The van der Waals surface area contributed by atoms with E-state index < -0.39 is 29.2 Å². The maximum Gasteiger partial charge on any atom is 0.251 e. The number of halogens is 3. The standard InChI is InChI=1S/C33H27F3N2O3/c1-18-10-22-5-6-23(31(22)38-33(18)41)14-27(40)15-24(11-20-12-25(34)17-26(35)13-20)32-28(4-3-9-37-32)21-7-8-30(36)29(16-21)19(2)39/h3-4,6-10,12-13,16-17,24H,5,11,14-15H2,1-2H3,(H,38,41)/t24-/m1/s1. The molecular formula is C33H27F3N2O3. The maximum absolute atomic E-state index is 14.3. The highest BCUT2D eigenvalue weighted by molar-refractivity contribution is 5.96. The van der Waals surface area contributed by atoms with Crippen LogP contribution in [0, 0.1) is 24.4 Å². The van der Waals surface area contributed by atoms with Gasteiger partial charge >= 0.3 is 0 Å². The Morgan fingerprint density at radius 1 is 1.02 bits per heavy atom. The predicted octanol–water partition coefficient (Wildman–Crippen LogP) is 6.68. The molecule has 1 aliphatic rings. The van der Waals surface area contributed by atoms with Gasteiger partial charge < -0.3 is 4.98 Å². The second-order valence-corrected chi connectivity index (χ2v) is 10.4. The molecule has 208 valence electrons. The van der Waals surface area contributed by atoms with Crippen molar-refractivity contribution < 1.29 is 22.8 Å². The topological polar surface area (TPSA) is 79.9 Å². The van der Waals surface area contributed by atoms with Crippen LogP contribution in [0.2, 0.25) is 0 Å². The fourth-order valence-corrected chi connectivity index (χ4v) is 5.42. The number of H-pyrrole nitrogens is 1. The molecule has 2 aromatic heterocycles. The fraction of sp³-hybridized carbons (Fsp3) is 0.212. The van der Waals surface area contributed by atoms with Crippen LogP contribution in [-0.2, 0) is 17.6 Å².